The number of ether oxygens (including phenoxy) is 2. The monoisotopic (exact) mass is 320 g/mol. The van der Waals surface area contributed by atoms with Crippen molar-refractivity contribution in [1.82, 2.24) is 15.0 Å². The maximum atomic E-state index is 12.2. The molecule has 1 aromatic carbocycles. The standard InChI is InChI=1S/C15H20N4O4/c1-3-22-14(20)8-7-13(15(21)23-4-2)19-12-6-5-10(16)9-11(12)17-18-19/h5-6,9,13H,3-4,7-8,16H2,1-2H3. The Morgan fingerprint density at radius 3 is 2.70 bits per heavy atom. The Kier molecular flexibility index (Phi) is 5.51. The van der Waals surface area contributed by atoms with Crippen molar-refractivity contribution in [2.45, 2.75) is 32.7 Å². The van der Waals surface area contributed by atoms with Gasteiger partial charge in [-0.15, -0.1) is 5.10 Å². The van der Waals surface area contributed by atoms with Crippen molar-refractivity contribution < 1.29 is 19.1 Å². The lowest BCUT2D eigenvalue weighted by Gasteiger charge is -2.16. The molecule has 23 heavy (non-hydrogen) atoms. The van der Waals surface area contributed by atoms with Gasteiger partial charge in [0.05, 0.1) is 18.7 Å². The SMILES string of the molecule is CCOC(=O)CCC(C(=O)OCC)n1nnc2cc(N)ccc21. The van der Waals surface area contributed by atoms with Crippen LogP contribution in [0, 0.1) is 0 Å². The third-order valence-electron chi connectivity index (χ3n) is 3.28. The quantitative estimate of drug-likeness (QED) is 0.607. The van der Waals surface area contributed by atoms with E-state index in [-0.39, 0.29) is 25.4 Å². The van der Waals surface area contributed by atoms with Crippen molar-refractivity contribution in [3.05, 3.63) is 18.2 Å². The molecule has 0 radical (unpaired) electrons. The van der Waals surface area contributed by atoms with Gasteiger partial charge in [0.25, 0.3) is 0 Å². The highest BCUT2D eigenvalue weighted by Crippen LogP contribution is 2.22. The Morgan fingerprint density at radius 1 is 1.26 bits per heavy atom. The van der Waals surface area contributed by atoms with Gasteiger partial charge in [0.15, 0.2) is 6.04 Å². The Labute approximate surface area is 133 Å². The lowest BCUT2D eigenvalue weighted by atomic mass is 10.1. The lowest BCUT2D eigenvalue weighted by molar-refractivity contribution is -0.148. The number of hydrogen-bond donors (Lipinski definition) is 1. The van der Waals surface area contributed by atoms with Gasteiger partial charge in [-0.1, -0.05) is 5.21 Å². The summed E-state index contributed by atoms with van der Waals surface area (Å²) in [6, 6.07) is 4.37. The van der Waals surface area contributed by atoms with E-state index in [1.807, 2.05) is 0 Å². The zero-order valence-corrected chi connectivity index (χ0v) is 13.2. The summed E-state index contributed by atoms with van der Waals surface area (Å²) in [6.45, 7) is 4.00. The Hall–Kier alpha value is -2.64. The number of nitrogens with two attached hydrogens (primary N) is 1. The third-order valence-corrected chi connectivity index (χ3v) is 3.28. The molecule has 0 saturated heterocycles. The fourth-order valence-corrected chi connectivity index (χ4v) is 2.26. The van der Waals surface area contributed by atoms with Crippen molar-refractivity contribution in [3.8, 4) is 0 Å². The number of carbonyl (C=O) groups excluding carboxylic acids is 2. The van der Waals surface area contributed by atoms with Crippen LogP contribution in [0.5, 0.6) is 0 Å². The number of aromatic nitrogens is 3. The van der Waals surface area contributed by atoms with Crippen LogP contribution in [0.4, 0.5) is 5.69 Å². The zero-order chi connectivity index (χ0) is 16.8. The van der Waals surface area contributed by atoms with Crippen molar-refractivity contribution in [2.75, 3.05) is 18.9 Å². The van der Waals surface area contributed by atoms with Gasteiger partial charge in [-0.05, 0) is 38.5 Å². The first-order valence-electron chi connectivity index (χ1n) is 7.49. The highest BCUT2D eigenvalue weighted by molar-refractivity contribution is 5.82. The van der Waals surface area contributed by atoms with Crippen molar-refractivity contribution in [2.24, 2.45) is 0 Å². The van der Waals surface area contributed by atoms with Crippen LogP contribution in [0.2, 0.25) is 0 Å². The van der Waals surface area contributed by atoms with Crippen LogP contribution in [0.3, 0.4) is 0 Å². The molecule has 8 heteroatoms. The second-order valence-electron chi connectivity index (χ2n) is 4.89. The van der Waals surface area contributed by atoms with Gasteiger partial charge in [-0.2, -0.15) is 0 Å². The second-order valence-corrected chi connectivity index (χ2v) is 4.89. The molecule has 0 aliphatic heterocycles. The molecule has 1 atom stereocenters. The molecule has 0 aliphatic rings. The summed E-state index contributed by atoms with van der Waals surface area (Å²) in [5.74, 6) is -0.823. The first-order valence-corrected chi connectivity index (χ1v) is 7.49. The van der Waals surface area contributed by atoms with Crippen LogP contribution >= 0.6 is 0 Å². The highest BCUT2D eigenvalue weighted by Gasteiger charge is 2.26. The third kappa shape index (κ3) is 3.97. The van der Waals surface area contributed by atoms with E-state index < -0.39 is 12.0 Å². The zero-order valence-electron chi connectivity index (χ0n) is 13.2. The van der Waals surface area contributed by atoms with Crippen LogP contribution in [0.1, 0.15) is 32.7 Å². The van der Waals surface area contributed by atoms with Crippen LogP contribution in [0.25, 0.3) is 11.0 Å². The summed E-state index contributed by atoms with van der Waals surface area (Å²) >= 11 is 0. The molecule has 0 fully saturated rings. The molecular formula is C15H20N4O4. The first-order chi connectivity index (χ1) is 11.1. The molecule has 0 amide bonds. The van der Waals surface area contributed by atoms with Gasteiger partial charge in [0.1, 0.15) is 5.52 Å². The number of carbonyl (C=O) groups is 2. The van der Waals surface area contributed by atoms with Crippen molar-refractivity contribution >= 4 is 28.7 Å². The second kappa shape index (κ2) is 7.57. The van der Waals surface area contributed by atoms with Gasteiger partial charge in [-0.25, -0.2) is 9.48 Å². The Balaban J connectivity index is 2.27. The molecule has 1 heterocycles. The molecule has 2 rings (SSSR count). The van der Waals surface area contributed by atoms with E-state index in [9.17, 15) is 9.59 Å². The number of fused-ring (bicyclic) bond motifs is 1. The predicted molar refractivity (Wildman–Crippen MR) is 83.5 cm³/mol. The van der Waals surface area contributed by atoms with E-state index in [1.165, 1.54) is 4.68 Å². The smallest absolute Gasteiger partial charge is 0.331 e. The average Bonchev–Trinajstić information content (AvgIpc) is 2.91. The fourth-order valence-electron chi connectivity index (χ4n) is 2.26. The van der Waals surface area contributed by atoms with Crippen LogP contribution in [-0.4, -0.2) is 40.1 Å². The summed E-state index contributed by atoms with van der Waals surface area (Å²) in [6.07, 6.45) is 0.314. The van der Waals surface area contributed by atoms with Gasteiger partial charge in [0.2, 0.25) is 0 Å². The summed E-state index contributed by atoms with van der Waals surface area (Å²) in [4.78, 5) is 23.8. The number of esters is 2. The average molecular weight is 320 g/mol. The molecule has 1 aromatic heterocycles. The molecular weight excluding hydrogens is 300 g/mol. The molecule has 0 bridgehead atoms. The van der Waals surface area contributed by atoms with Crippen LogP contribution < -0.4 is 5.73 Å². The number of nitrogen functional groups attached to an aromatic ring is 1. The summed E-state index contributed by atoms with van der Waals surface area (Å²) < 4.78 is 11.5. The van der Waals surface area contributed by atoms with E-state index in [0.717, 1.165) is 0 Å². The maximum Gasteiger partial charge on any atom is 0.331 e. The molecule has 2 N–H and O–H groups in total. The van der Waals surface area contributed by atoms with E-state index in [4.69, 9.17) is 15.2 Å². The van der Waals surface area contributed by atoms with Gasteiger partial charge in [-0.3, -0.25) is 4.79 Å². The van der Waals surface area contributed by atoms with E-state index in [0.29, 0.717) is 23.3 Å². The van der Waals surface area contributed by atoms with Gasteiger partial charge < -0.3 is 15.2 Å². The number of anilines is 1. The number of rotatable bonds is 7. The minimum Gasteiger partial charge on any atom is -0.466 e. The number of nitrogens with zero attached hydrogens (tertiary/aromatic N) is 3. The minimum atomic E-state index is -0.743. The van der Waals surface area contributed by atoms with E-state index in [2.05, 4.69) is 10.3 Å². The molecule has 124 valence electrons. The first kappa shape index (κ1) is 16.7. The topological polar surface area (TPSA) is 109 Å². The van der Waals surface area contributed by atoms with E-state index in [1.54, 1.807) is 32.0 Å². The minimum absolute atomic E-state index is 0.0909. The van der Waals surface area contributed by atoms with E-state index >= 15 is 0 Å². The lowest BCUT2D eigenvalue weighted by Crippen LogP contribution is -2.24. The maximum absolute atomic E-state index is 12.2. The number of benzene rings is 1. The van der Waals surface area contributed by atoms with Crippen molar-refractivity contribution in [1.29, 1.82) is 0 Å². The normalized spacial score (nSPS) is 12.1. The van der Waals surface area contributed by atoms with Crippen molar-refractivity contribution in [3.63, 3.8) is 0 Å². The molecule has 1 unspecified atom stereocenters. The molecule has 2 aromatic rings. The Morgan fingerprint density at radius 2 is 2.00 bits per heavy atom. The fraction of sp³-hybridized carbons (Fsp3) is 0.467. The molecule has 0 aliphatic carbocycles. The van der Waals surface area contributed by atoms with Crippen LogP contribution in [-0.2, 0) is 19.1 Å². The molecule has 0 spiro atoms. The molecule has 8 nitrogen and oxygen atoms in total. The highest BCUT2D eigenvalue weighted by atomic mass is 16.5. The summed E-state index contributed by atoms with van der Waals surface area (Å²) in [5, 5.41) is 8.04. The molecule has 0 saturated carbocycles. The largest absolute Gasteiger partial charge is 0.466 e. The van der Waals surface area contributed by atoms with Gasteiger partial charge in [0, 0.05) is 12.1 Å². The number of hydrogen-bond acceptors (Lipinski definition) is 7. The van der Waals surface area contributed by atoms with Crippen LogP contribution in [0.15, 0.2) is 18.2 Å². The summed E-state index contributed by atoms with van der Waals surface area (Å²) in [7, 11) is 0. The van der Waals surface area contributed by atoms with Gasteiger partial charge >= 0.3 is 11.9 Å². The Bertz CT molecular complexity index is 698. The summed E-state index contributed by atoms with van der Waals surface area (Å²) in [5.41, 5.74) is 7.51. The predicted octanol–water partition coefficient (Wildman–Crippen LogP) is 1.46.